The smallest absolute Gasteiger partial charge is 0.294 e. The van der Waals surface area contributed by atoms with Gasteiger partial charge in [-0.3, -0.25) is 9.35 Å². The zero-order valence-corrected chi connectivity index (χ0v) is 17.7. The highest BCUT2D eigenvalue weighted by atomic mass is 32.2. The number of carbonyl (C=O) groups is 1. The van der Waals surface area contributed by atoms with E-state index < -0.39 is 15.9 Å². The maximum absolute atomic E-state index is 12.9. The lowest BCUT2D eigenvalue weighted by Crippen LogP contribution is -2.06. The molecule has 0 fully saturated rings. The van der Waals surface area contributed by atoms with Crippen molar-refractivity contribution in [2.45, 2.75) is 16.7 Å². The van der Waals surface area contributed by atoms with Crippen LogP contribution in [0.25, 0.3) is 0 Å². The predicted octanol–water partition coefficient (Wildman–Crippen LogP) is 4.74. The average molecular weight is 456 g/mol. The van der Waals surface area contributed by atoms with E-state index in [-0.39, 0.29) is 16.0 Å². The molecule has 9 heteroatoms. The molecule has 0 aromatic heterocycles. The number of hydrogen-bond donors (Lipinski definition) is 2. The molecule has 0 aliphatic carbocycles. The third-order valence-electron chi connectivity index (χ3n) is 4.29. The van der Waals surface area contributed by atoms with E-state index in [1.807, 2.05) is 0 Å². The fourth-order valence-corrected chi connectivity index (χ4v) is 4.00. The minimum atomic E-state index is -4.48. The number of ether oxygens (including phenoxy) is 1. The predicted molar refractivity (Wildman–Crippen MR) is 115 cm³/mol. The summed E-state index contributed by atoms with van der Waals surface area (Å²) in [5, 5.41) is 8.90. The van der Waals surface area contributed by atoms with Crippen molar-refractivity contribution in [3.63, 3.8) is 0 Å². The summed E-state index contributed by atoms with van der Waals surface area (Å²) in [5.74, 6) is 2.75. The van der Waals surface area contributed by atoms with E-state index in [2.05, 4.69) is 10.3 Å². The summed E-state index contributed by atoms with van der Waals surface area (Å²) in [5.41, 5.74) is 1.18. The molecule has 0 aliphatic heterocycles. The molecule has 31 heavy (non-hydrogen) atoms. The lowest BCUT2D eigenvalue weighted by Gasteiger charge is -2.12. The van der Waals surface area contributed by atoms with Gasteiger partial charge in [-0.15, -0.1) is 6.42 Å². The summed E-state index contributed by atoms with van der Waals surface area (Å²) in [6.07, 6.45) is 5.39. The first-order valence-corrected chi connectivity index (χ1v) is 10.9. The van der Waals surface area contributed by atoms with Gasteiger partial charge in [-0.2, -0.15) is 12.8 Å². The normalized spacial score (nSPS) is 11.0. The standard InChI is InChI=1S/C22H16O7S2/c1-3-15-5-4-6-18(11-15)28-19-10-9-16(12-20(19)30-29-24)22(23)17-8-7-14(2)21(13-17)31(25,26)27/h1,4-13,24H,2H3,(H,25,26,27). The van der Waals surface area contributed by atoms with Crippen LogP contribution in [-0.4, -0.2) is 24.0 Å². The molecule has 0 radical (unpaired) electrons. The van der Waals surface area contributed by atoms with Crippen LogP contribution in [0.3, 0.4) is 0 Å². The number of ketones is 1. The van der Waals surface area contributed by atoms with Gasteiger partial charge in [-0.05, 0) is 55.0 Å². The third kappa shape index (κ3) is 5.32. The number of terminal acetylenes is 1. The van der Waals surface area contributed by atoms with Crippen molar-refractivity contribution < 1.29 is 32.1 Å². The van der Waals surface area contributed by atoms with Crippen molar-refractivity contribution >= 4 is 27.9 Å². The van der Waals surface area contributed by atoms with Crippen molar-refractivity contribution in [3.8, 4) is 23.8 Å². The van der Waals surface area contributed by atoms with Gasteiger partial charge in [-0.1, -0.05) is 24.1 Å². The van der Waals surface area contributed by atoms with E-state index in [1.165, 1.54) is 37.3 Å². The molecule has 0 amide bonds. The van der Waals surface area contributed by atoms with E-state index in [4.69, 9.17) is 16.4 Å². The Morgan fingerprint density at radius 2 is 1.77 bits per heavy atom. The Kier molecular flexibility index (Phi) is 6.80. The van der Waals surface area contributed by atoms with Crippen LogP contribution in [0.2, 0.25) is 0 Å². The Labute approximate surface area is 183 Å². The van der Waals surface area contributed by atoms with Gasteiger partial charge in [0.2, 0.25) is 0 Å². The molecule has 0 atom stereocenters. The highest BCUT2D eigenvalue weighted by Gasteiger charge is 2.19. The van der Waals surface area contributed by atoms with Gasteiger partial charge in [0.1, 0.15) is 11.5 Å². The second kappa shape index (κ2) is 9.34. The molecule has 0 spiro atoms. The Hall–Kier alpha value is -3.13. The first kappa shape index (κ1) is 22.6. The molecular weight excluding hydrogens is 440 g/mol. The zero-order valence-electron chi connectivity index (χ0n) is 16.1. The topological polar surface area (TPSA) is 110 Å². The molecule has 158 valence electrons. The number of aryl methyl sites for hydroxylation is 1. The Balaban J connectivity index is 1.97. The molecule has 0 aliphatic rings. The average Bonchev–Trinajstić information content (AvgIpc) is 2.74. The Bertz CT molecular complexity index is 1290. The van der Waals surface area contributed by atoms with Gasteiger partial charge in [0.25, 0.3) is 10.1 Å². The molecule has 3 aromatic rings. The number of carbonyl (C=O) groups excluding carboxylic acids is 1. The number of rotatable bonds is 7. The van der Waals surface area contributed by atoms with E-state index in [0.717, 1.165) is 6.07 Å². The molecular formula is C22H16O7S2. The van der Waals surface area contributed by atoms with Crippen molar-refractivity contribution in [2.24, 2.45) is 0 Å². The highest BCUT2D eigenvalue weighted by molar-refractivity contribution is 7.94. The molecule has 0 saturated heterocycles. The van der Waals surface area contributed by atoms with Crippen LogP contribution in [0, 0.1) is 19.3 Å². The fraction of sp³-hybridized carbons (Fsp3) is 0.0455. The van der Waals surface area contributed by atoms with E-state index in [9.17, 15) is 17.8 Å². The van der Waals surface area contributed by atoms with Gasteiger partial charge >= 0.3 is 0 Å². The van der Waals surface area contributed by atoms with Gasteiger partial charge in [0.15, 0.2) is 5.78 Å². The number of benzene rings is 3. The summed E-state index contributed by atoms with van der Waals surface area (Å²) in [6, 6.07) is 15.2. The Morgan fingerprint density at radius 1 is 1.06 bits per heavy atom. The third-order valence-corrected chi connectivity index (χ3v) is 5.86. The summed E-state index contributed by atoms with van der Waals surface area (Å²) >= 11 is 0.570. The van der Waals surface area contributed by atoms with Crippen molar-refractivity contribution in [3.05, 3.63) is 82.9 Å². The second-order valence-electron chi connectivity index (χ2n) is 6.38. The maximum Gasteiger partial charge on any atom is 0.294 e. The molecule has 0 saturated carbocycles. The van der Waals surface area contributed by atoms with Crippen LogP contribution in [-0.2, 0) is 14.5 Å². The molecule has 0 bridgehead atoms. The summed E-state index contributed by atoms with van der Waals surface area (Å²) in [7, 11) is -4.48. The van der Waals surface area contributed by atoms with Crippen LogP contribution in [0.15, 0.2) is 70.5 Å². The minimum absolute atomic E-state index is 0.0643. The SMILES string of the molecule is C#Cc1cccc(Oc2ccc(C(=O)c3ccc(C)c(S(=O)(=O)O)c3)cc2SOO)c1. The van der Waals surface area contributed by atoms with Gasteiger partial charge < -0.3 is 4.74 Å². The second-order valence-corrected chi connectivity index (χ2v) is 8.52. The van der Waals surface area contributed by atoms with Gasteiger partial charge in [-0.25, -0.2) is 5.26 Å². The quantitative estimate of drug-likeness (QED) is 0.131. The van der Waals surface area contributed by atoms with Crippen LogP contribution >= 0.6 is 12.0 Å². The molecule has 0 unspecified atom stereocenters. The van der Waals surface area contributed by atoms with Crippen LogP contribution in [0.4, 0.5) is 0 Å². The first-order valence-electron chi connectivity index (χ1n) is 8.72. The molecule has 3 rings (SSSR count). The van der Waals surface area contributed by atoms with Crippen LogP contribution in [0.5, 0.6) is 11.5 Å². The van der Waals surface area contributed by atoms with Gasteiger partial charge in [0.05, 0.1) is 21.8 Å². The summed E-state index contributed by atoms with van der Waals surface area (Å²) < 4.78 is 42.4. The van der Waals surface area contributed by atoms with E-state index >= 15 is 0 Å². The summed E-state index contributed by atoms with van der Waals surface area (Å²) in [4.78, 5) is 12.8. The van der Waals surface area contributed by atoms with E-state index in [1.54, 1.807) is 24.3 Å². The monoisotopic (exact) mass is 456 g/mol. The van der Waals surface area contributed by atoms with Crippen molar-refractivity contribution in [2.75, 3.05) is 0 Å². The molecule has 0 heterocycles. The number of hydrogen-bond acceptors (Lipinski definition) is 7. The van der Waals surface area contributed by atoms with Gasteiger partial charge in [0, 0.05) is 16.7 Å². The van der Waals surface area contributed by atoms with Crippen molar-refractivity contribution in [1.82, 2.24) is 0 Å². The minimum Gasteiger partial charge on any atom is -0.456 e. The van der Waals surface area contributed by atoms with Crippen molar-refractivity contribution in [1.29, 1.82) is 0 Å². The summed E-state index contributed by atoms with van der Waals surface area (Å²) in [6.45, 7) is 1.51. The van der Waals surface area contributed by atoms with E-state index in [0.29, 0.717) is 39.6 Å². The van der Waals surface area contributed by atoms with Crippen LogP contribution < -0.4 is 4.74 Å². The zero-order chi connectivity index (χ0) is 22.6. The lowest BCUT2D eigenvalue weighted by atomic mass is 10.0. The largest absolute Gasteiger partial charge is 0.456 e. The molecule has 2 N–H and O–H groups in total. The maximum atomic E-state index is 12.9. The lowest BCUT2D eigenvalue weighted by molar-refractivity contribution is -0.116. The molecule has 7 nitrogen and oxygen atoms in total. The van der Waals surface area contributed by atoms with Crippen LogP contribution in [0.1, 0.15) is 27.0 Å². The first-order chi connectivity index (χ1) is 14.7. The molecule has 3 aromatic carbocycles. The highest BCUT2D eigenvalue weighted by Crippen LogP contribution is 2.34. The fourth-order valence-electron chi connectivity index (χ4n) is 2.80. The Morgan fingerprint density at radius 3 is 2.45 bits per heavy atom.